The molecular weight excluding hydrogens is 297 g/mol. The Morgan fingerprint density at radius 3 is 2.24 bits per heavy atom. The Morgan fingerprint density at radius 1 is 1.10 bits per heavy atom. The Bertz CT molecular complexity index is 772. The molecule has 0 saturated carbocycles. The number of benzene rings is 2. The zero-order chi connectivity index (χ0) is 15.6. The molecule has 0 aliphatic rings. The number of carboxylic acid groups (broad SMARTS) is 1. The first kappa shape index (κ1) is 15.0. The maximum absolute atomic E-state index is 12.9. The number of anilines is 1. The van der Waals surface area contributed by atoms with E-state index < -0.39 is 21.8 Å². The van der Waals surface area contributed by atoms with Crippen molar-refractivity contribution in [1.82, 2.24) is 0 Å². The quantitative estimate of drug-likeness (QED) is 0.940. The molecule has 0 bridgehead atoms. The summed E-state index contributed by atoms with van der Waals surface area (Å²) in [4.78, 5) is 10.8. The van der Waals surface area contributed by atoms with Crippen molar-refractivity contribution in [3.8, 4) is 0 Å². The third-order valence-corrected chi connectivity index (χ3v) is 4.79. The van der Waals surface area contributed by atoms with Gasteiger partial charge in [0, 0.05) is 7.05 Å². The molecule has 0 aliphatic heterocycles. The number of sulfonamides is 1. The van der Waals surface area contributed by atoms with Crippen molar-refractivity contribution in [2.75, 3.05) is 11.4 Å². The lowest BCUT2D eigenvalue weighted by atomic mass is 10.2. The van der Waals surface area contributed by atoms with Crippen LogP contribution in [0.25, 0.3) is 0 Å². The van der Waals surface area contributed by atoms with Crippen molar-refractivity contribution < 1.29 is 22.7 Å². The van der Waals surface area contributed by atoms with Gasteiger partial charge in [0.15, 0.2) is 0 Å². The summed E-state index contributed by atoms with van der Waals surface area (Å²) in [6, 6.07) is 10.2. The standard InChI is InChI=1S/C14H12FNO4S/c1-16(11-8-6-10(15)7-9-11)21(19,20)13-5-3-2-4-12(13)14(17)18/h2-9H,1H3,(H,17,18). The molecule has 2 rings (SSSR count). The molecule has 0 unspecified atom stereocenters. The van der Waals surface area contributed by atoms with E-state index >= 15 is 0 Å². The van der Waals surface area contributed by atoms with Gasteiger partial charge in [-0.1, -0.05) is 12.1 Å². The second-order valence-electron chi connectivity index (χ2n) is 4.25. The molecule has 0 heterocycles. The van der Waals surface area contributed by atoms with Gasteiger partial charge in [0.05, 0.1) is 11.3 Å². The first-order valence-corrected chi connectivity index (χ1v) is 7.35. The Balaban J connectivity index is 2.52. The summed E-state index contributed by atoms with van der Waals surface area (Å²) in [5.74, 6) is -1.82. The third kappa shape index (κ3) is 2.87. The Labute approximate surface area is 121 Å². The lowest BCUT2D eigenvalue weighted by Crippen LogP contribution is -2.28. The molecule has 0 radical (unpaired) electrons. The molecule has 0 spiro atoms. The highest BCUT2D eigenvalue weighted by atomic mass is 32.2. The second kappa shape index (κ2) is 5.53. The van der Waals surface area contributed by atoms with E-state index in [0.717, 1.165) is 16.4 Å². The highest BCUT2D eigenvalue weighted by molar-refractivity contribution is 7.92. The van der Waals surface area contributed by atoms with Crippen molar-refractivity contribution in [3.05, 3.63) is 59.9 Å². The summed E-state index contributed by atoms with van der Waals surface area (Å²) < 4.78 is 38.8. The fourth-order valence-electron chi connectivity index (χ4n) is 1.81. The minimum Gasteiger partial charge on any atom is -0.478 e. The van der Waals surface area contributed by atoms with Crippen LogP contribution in [-0.2, 0) is 10.0 Å². The molecule has 5 nitrogen and oxygen atoms in total. The van der Waals surface area contributed by atoms with Crippen LogP contribution in [0, 0.1) is 5.82 Å². The number of rotatable bonds is 4. The smallest absolute Gasteiger partial charge is 0.337 e. The van der Waals surface area contributed by atoms with E-state index in [1.807, 2.05) is 0 Å². The topological polar surface area (TPSA) is 74.7 Å². The van der Waals surface area contributed by atoms with Crippen LogP contribution in [0.5, 0.6) is 0 Å². The van der Waals surface area contributed by atoms with Gasteiger partial charge in [0.25, 0.3) is 10.0 Å². The fourth-order valence-corrected chi connectivity index (χ4v) is 3.18. The van der Waals surface area contributed by atoms with Gasteiger partial charge in [-0.2, -0.15) is 0 Å². The first-order chi connectivity index (χ1) is 9.84. The maximum atomic E-state index is 12.9. The van der Waals surface area contributed by atoms with Gasteiger partial charge in [-0.15, -0.1) is 0 Å². The third-order valence-electron chi connectivity index (χ3n) is 2.95. The largest absolute Gasteiger partial charge is 0.478 e. The van der Waals surface area contributed by atoms with Crippen molar-refractivity contribution >= 4 is 21.7 Å². The Hall–Kier alpha value is -2.41. The molecule has 0 atom stereocenters. The van der Waals surface area contributed by atoms with Gasteiger partial charge in [0.1, 0.15) is 10.7 Å². The van der Waals surface area contributed by atoms with E-state index in [1.165, 1.54) is 43.4 Å². The number of hydrogen-bond acceptors (Lipinski definition) is 3. The highest BCUT2D eigenvalue weighted by Gasteiger charge is 2.26. The zero-order valence-electron chi connectivity index (χ0n) is 11.0. The number of hydrogen-bond donors (Lipinski definition) is 1. The molecule has 1 N–H and O–H groups in total. The van der Waals surface area contributed by atoms with E-state index in [1.54, 1.807) is 0 Å². The van der Waals surface area contributed by atoms with Gasteiger partial charge in [-0.05, 0) is 36.4 Å². The predicted octanol–water partition coefficient (Wildman–Crippen LogP) is 2.35. The molecule has 2 aromatic rings. The van der Waals surface area contributed by atoms with Crippen molar-refractivity contribution in [2.45, 2.75) is 4.90 Å². The fraction of sp³-hybridized carbons (Fsp3) is 0.0714. The summed E-state index contributed by atoms with van der Waals surface area (Å²) in [7, 11) is -2.77. The Kier molecular flexibility index (Phi) is 3.95. The van der Waals surface area contributed by atoms with Crippen molar-refractivity contribution in [2.24, 2.45) is 0 Å². The summed E-state index contributed by atoms with van der Waals surface area (Å²) in [6.07, 6.45) is 0. The summed E-state index contributed by atoms with van der Waals surface area (Å²) >= 11 is 0. The maximum Gasteiger partial charge on any atom is 0.337 e. The monoisotopic (exact) mass is 309 g/mol. The lowest BCUT2D eigenvalue weighted by Gasteiger charge is -2.20. The van der Waals surface area contributed by atoms with Crippen LogP contribution in [0.2, 0.25) is 0 Å². The van der Waals surface area contributed by atoms with Crippen LogP contribution >= 0.6 is 0 Å². The minimum atomic E-state index is -4.05. The second-order valence-corrected chi connectivity index (χ2v) is 6.19. The summed E-state index contributed by atoms with van der Waals surface area (Å²) in [6.45, 7) is 0. The predicted molar refractivity (Wildman–Crippen MR) is 75.4 cm³/mol. The number of aromatic carboxylic acids is 1. The summed E-state index contributed by atoms with van der Waals surface area (Å²) in [5.41, 5.74) is -0.0805. The molecule has 7 heteroatoms. The summed E-state index contributed by atoms with van der Waals surface area (Å²) in [5, 5.41) is 9.09. The van der Waals surface area contributed by atoms with E-state index in [9.17, 15) is 17.6 Å². The van der Waals surface area contributed by atoms with Gasteiger partial charge < -0.3 is 5.11 Å². The van der Waals surface area contributed by atoms with Gasteiger partial charge in [0.2, 0.25) is 0 Å². The lowest BCUT2D eigenvalue weighted by molar-refractivity contribution is 0.0692. The molecule has 0 amide bonds. The number of carboxylic acids is 1. The minimum absolute atomic E-state index is 0.233. The first-order valence-electron chi connectivity index (χ1n) is 5.91. The average molecular weight is 309 g/mol. The molecule has 2 aromatic carbocycles. The van der Waals surface area contributed by atoms with Crippen LogP contribution < -0.4 is 4.31 Å². The van der Waals surface area contributed by atoms with Gasteiger partial charge in [-0.3, -0.25) is 4.31 Å². The van der Waals surface area contributed by atoms with Gasteiger partial charge >= 0.3 is 5.97 Å². The SMILES string of the molecule is CN(c1ccc(F)cc1)S(=O)(=O)c1ccccc1C(=O)O. The van der Waals surface area contributed by atoms with Crippen molar-refractivity contribution in [3.63, 3.8) is 0 Å². The molecule has 110 valence electrons. The molecular formula is C14H12FNO4S. The van der Waals surface area contributed by atoms with E-state index in [0.29, 0.717) is 0 Å². The molecule has 0 saturated heterocycles. The Morgan fingerprint density at radius 2 is 1.67 bits per heavy atom. The van der Waals surface area contributed by atoms with Crippen LogP contribution in [0.1, 0.15) is 10.4 Å². The zero-order valence-corrected chi connectivity index (χ0v) is 11.8. The molecule has 0 aromatic heterocycles. The van der Waals surface area contributed by atoms with E-state index in [4.69, 9.17) is 5.11 Å². The van der Waals surface area contributed by atoms with Crippen LogP contribution in [-0.4, -0.2) is 26.5 Å². The average Bonchev–Trinajstić information content (AvgIpc) is 2.47. The molecule has 21 heavy (non-hydrogen) atoms. The number of carbonyl (C=O) groups is 1. The molecule has 0 aliphatic carbocycles. The van der Waals surface area contributed by atoms with Crippen LogP contribution in [0.3, 0.4) is 0 Å². The van der Waals surface area contributed by atoms with Crippen LogP contribution in [0.15, 0.2) is 53.4 Å². The van der Waals surface area contributed by atoms with E-state index in [-0.39, 0.29) is 16.1 Å². The normalized spacial score (nSPS) is 11.1. The van der Waals surface area contributed by atoms with Crippen molar-refractivity contribution in [1.29, 1.82) is 0 Å². The number of halogens is 1. The molecule has 0 fully saturated rings. The van der Waals surface area contributed by atoms with Gasteiger partial charge in [-0.25, -0.2) is 17.6 Å². The van der Waals surface area contributed by atoms with E-state index in [2.05, 4.69) is 0 Å². The van der Waals surface area contributed by atoms with Crippen LogP contribution in [0.4, 0.5) is 10.1 Å². The highest BCUT2D eigenvalue weighted by Crippen LogP contribution is 2.24. The number of nitrogens with zero attached hydrogens (tertiary/aromatic N) is 1.